The average molecular weight is 454 g/mol. The van der Waals surface area contributed by atoms with Crippen LogP contribution >= 0.6 is 11.6 Å². The minimum Gasteiger partial charge on any atom is -0.436 e. The fourth-order valence-electron chi connectivity index (χ4n) is 3.27. The van der Waals surface area contributed by atoms with E-state index in [4.69, 9.17) is 21.8 Å². The van der Waals surface area contributed by atoms with E-state index in [0.29, 0.717) is 40.1 Å². The minimum atomic E-state index is -0.513. The van der Waals surface area contributed by atoms with E-state index < -0.39 is 5.82 Å². The summed E-state index contributed by atoms with van der Waals surface area (Å²) in [5.41, 5.74) is 9.11. The number of anilines is 3. The zero-order valence-electron chi connectivity index (χ0n) is 17.3. The van der Waals surface area contributed by atoms with Gasteiger partial charge in [-0.15, -0.1) is 0 Å². The van der Waals surface area contributed by atoms with Crippen molar-refractivity contribution in [3.63, 3.8) is 0 Å². The average Bonchev–Trinajstić information content (AvgIpc) is 3.11. The van der Waals surface area contributed by atoms with Crippen LogP contribution in [0.4, 0.5) is 21.6 Å². The van der Waals surface area contributed by atoms with Crippen LogP contribution in [0.3, 0.4) is 0 Å². The van der Waals surface area contributed by atoms with Crippen LogP contribution < -0.4 is 16.4 Å². The first-order valence-electron chi connectivity index (χ1n) is 10.1. The van der Waals surface area contributed by atoms with Crippen LogP contribution in [0.25, 0.3) is 22.2 Å². The highest BCUT2D eigenvalue weighted by atomic mass is 35.5. The number of hydrogen-bond acceptors (Lipinski definition) is 6. The smallest absolute Gasteiger partial charge is 0.269 e. The summed E-state index contributed by atoms with van der Waals surface area (Å²) in [4.78, 5) is 21.0. The third kappa shape index (κ3) is 4.36. The molecule has 0 radical (unpaired) electrons. The number of aromatic nitrogens is 2. The molecular formula is C23H21ClFN5O2. The lowest BCUT2D eigenvalue weighted by atomic mass is 10.1. The quantitative estimate of drug-likeness (QED) is 0.317. The number of furan rings is 1. The van der Waals surface area contributed by atoms with E-state index >= 15 is 0 Å². The fourth-order valence-corrected chi connectivity index (χ4v) is 3.45. The Morgan fingerprint density at radius 1 is 1.19 bits per heavy atom. The molecular weight excluding hydrogens is 433 g/mol. The van der Waals surface area contributed by atoms with Crippen molar-refractivity contribution < 1.29 is 13.6 Å². The van der Waals surface area contributed by atoms with Crippen LogP contribution in [0.5, 0.6) is 0 Å². The van der Waals surface area contributed by atoms with E-state index in [2.05, 4.69) is 27.5 Å². The number of amides is 1. The van der Waals surface area contributed by atoms with Crippen molar-refractivity contribution in [3.05, 3.63) is 65.3 Å². The molecule has 3 aromatic heterocycles. The van der Waals surface area contributed by atoms with Crippen molar-refractivity contribution in [1.29, 1.82) is 0 Å². The first kappa shape index (κ1) is 21.6. The van der Waals surface area contributed by atoms with E-state index in [1.165, 1.54) is 12.1 Å². The summed E-state index contributed by atoms with van der Waals surface area (Å²) in [7, 11) is 0. The number of hydrogen-bond donors (Lipinski definition) is 3. The predicted molar refractivity (Wildman–Crippen MR) is 124 cm³/mol. The SMILES string of the molecule is CCCCNC(=O)c1cc(-c2nccc3c(Nc4ccc(F)c(Cl)c4)c(N)oc23)ccn1. The Hall–Kier alpha value is -3.65. The molecule has 0 aliphatic heterocycles. The van der Waals surface area contributed by atoms with E-state index in [9.17, 15) is 9.18 Å². The fraction of sp³-hybridized carbons (Fsp3) is 0.174. The summed E-state index contributed by atoms with van der Waals surface area (Å²) in [6.45, 7) is 2.65. The number of pyridine rings is 2. The van der Waals surface area contributed by atoms with Crippen molar-refractivity contribution in [2.45, 2.75) is 19.8 Å². The number of benzene rings is 1. The van der Waals surface area contributed by atoms with Gasteiger partial charge in [0, 0.05) is 30.2 Å². The molecule has 7 nitrogen and oxygen atoms in total. The third-order valence-electron chi connectivity index (χ3n) is 4.90. The van der Waals surface area contributed by atoms with Gasteiger partial charge in [0.2, 0.25) is 5.88 Å². The first-order chi connectivity index (χ1) is 15.5. The Balaban J connectivity index is 1.69. The Kier molecular flexibility index (Phi) is 6.23. The normalized spacial score (nSPS) is 11.0. The maximum atomic E-state index is 13.5. The molecule has 3 heterocycles. The van der Waals surface area contributed by atoms with Crippen LogP contribution in [0, 0.1) is 5.82 Å². The molecule has 0 saturated heterocycles. The highest BCUT2D eigenvalue weighted by Gasteiger charge is 2.18. The number of unbranched alkanes of at least 4 members (excludes halogenated alkanes) is 1. The van der Waals surface area contributed by atoms with Gasteiger partial charge in [0.25, 0.3) is 5.91 Å². The molecule has 1 amide bonds. The summed E-state index contributed by atoms with van der Waals surface area (Å²) >= 11 is 5.88. The molecule has 4 aromatic rings. The summed E-state index contributed by atoms with van der Waals surface area (Å²) in [5, 5.41) is 6.65. The number of nitrogens with two attached hydrogens (primary N) is 1. The molecule has 0 aliphatic rings. The van der Waals surface area contributed by atoms with Crippen molar-refractivity contribution >= 4 is 45.7 Å². The van der Waals surface area contributed by atoms with E-state index in [1.807, 2.05) is 0 Å². The van der Waals surface area contributed by atoms with Gasteiger partial charge < -0.3 is 20.8 Å². The van der Waals surface area contributed by atoms with Crippen molar-refractivity contribution in [2.24, 2.45) is 0 Å². The molecule has 4 N–H and O–H groups in total. The highest BCUT2D eigenvalue weighted by Crippen LogP contribution is 2.39. The topological polar surface area (TPSA) is 106 Å². The molecule has 0 bridgehead atoms. The molecule has 0 saturated carbocycles. The van der Waals surface area contributed by atoms with E-state index in [1.54, 1.807) is 36.7 Å². The summed E-state index contributed by atoms with van der Waals surface area (Å²) in [6, 6.07) is 9.44. The van der Waals surface area contributed by atoms with E-state index in [-0.39, 0.29) is 22.5 Å². The van der Waals surface area contributed by atoms with E-state index in [0.717, 1.165) is 12.8 Å². The Morgan fingerprint density at radius 2 is 2.00 bits per heavy atom. The van der Waals surface area contributed by atoms with Crippen molar-refractivity contribution in [2.75, 3.05) is 17.6 Å². The zero-order valence-corrected chi connectivity index (χ0v) is 18.0. The number of nitrogen functional groups attached to an aromatic ring is 1. The Labute approximate surface area is 188 Å². The number of nitrogens with one attached hydrogen (secondary N) is 2. The summed E-state index contributed by atoms with van der Waals surface area (Å²) in [6.07, 6.45) is 5.06. The number of halogens is 2. The lowest BCUT2D eigenvalue weighted by Gasteiger charge is -2.07. The monoisotopic (exact) mass is 453 g/mol. The number of nitrogens with zero attached hydrogens (tertiary/aromatic N) is 2. The molecule has 0 unspecified atom stereocenters. The third-order valence-corrected chi connectivity index (χ3v) is 5.19. The molecule has 32 heavy (non-hydrogen) atoms. The Morgan fingerprint density at radius 3 is 2.78 bits per heavy atom. The summed E-state index contributed by atoms with van der Waals surface area (Å²) < 4.78 is 19.3. The second-order valence-electron chi connectivity index (χ2n) is 7.17. The van der Waals surface area contributed by atoms with Crippen LogP contribution in [-0.2, 0) is 0 Å². The van der Waals surface area contributed by atoms with Gasteiger partial charge in [-0.25, -0.2) is 4.39 Å². The number of carbonyl (C=O) groups excluding carboxylic acids is 1. The van der Waals surface area contributed by atoms with Gasteiger partial charge >= 0.3 is 0 Å². The molecule has 0 fully saturated rings. The van der Waals surface area contributed by atoms with Gasteiger partial charge in [-0.2, -0.15) is 0 Å². The molecule has 164 valence electrons. The second kappa shape index (κ2) is 9.23. The molecule has 0 spiro atoms. The number of carbonyl (C=O) groups is 1. The van der Waals surface area contributed by atoms with Gasteiger partial charge in [0.05, 0.1) is 10.4 Å². The van der Waals surface area contributed by atoms with Crippen molar-refractivity contribution in [3.8, 4) is 11.3 Å². The molecule has 4 rings (SSSR count). The molecule has 9 heteroatoms. The lowest BCUT2D eigenvalue weighted by Crippen LogP contribution is -2.25. The van der Waals surface area contributed by atoms with Crippen LogP contribution in [0.1, 0.15) is 30.3 Å². The molecule has 0 aliphatic carbocycles. The maximum Gasteiger partial charge on any atom is 0.269 e. The first-order valence-corrected chi connectivity index (χ1v) is 10.5. The highest BCUT2D eigenvalue weighted by molar-refractivity contribution is 6.31. The second-order valence-corrected chi connectivity index (χ2v) is 7.58. The largest absolute Gasteiger partial charge is 0.436 e. The molecule has 1 aromatic carbocycles. The Bertz CT molecular complexity index is 1290. The van der Waals surface area contributed by atoms with Crippen LogP contribution in [0.2, 0.25) is 5.02 Å². The van der Waals surface area contributed by atoms with Crippen LogP contribution in [0.15, 0.2) is 53.2 Å². The van der Waals surface area contributed by atoms with Gasteiger partial charge in [-0.1, -0.05) is 24.9 Å². The standard InChI is InChI=1S/C23H21ClFN5O2/c1-2-3-8-29-23(31)18-11-13(6-9-27-18)19-21-15(7-10-28-19)20(22(26)32-21)30-14-4-5-17(25)16(24)12-14/h4-7,9-12,30H,2-3,8,26H2,1H3,(H,29,31). The van der Waals surface area contributed by atoms with Gasteiger partial charge in [-0.3, -0.25) is 14.8 Å². The van der Waals surface area contributed by atoms with Gasteiger partial charge in [0.1, 0.15) is 22.9 Å². The van der Waals surface area contributed by atoms with Gasteiger partial charge in [0.15, 0.2) is 5.58 Å². The number of rotatable bonds is 7. The van der Waals surface area contributed by atoms with Crippen molar-refractivity contribution in [1.82, 2.24) is 15.3 Å². The number of fused-ring (bicyclic) bond motifs is 1. The minimum absolute atomic E-state index is 0.00902. The maximum absolute atomic E-state index is 13.5. The lowest BCUT2D eigenvalue weighted by molar-refractivity contribution is 0.0948. The zero-order chi connectivity index (χ0) is 22.7. The van der Waals surface area contributed by atoms with Gasteiger partial charge in [-0.05, 0) is 42.8 Å². The van der Waals surface area contributed by atoms with Crippen LogP contribution in [-0.4, -0.2) is 22.4 Å². The molecule has 0 atom stereocenters. The summed E-state index contributed by atoms with van der Waals surface area (Å²) in [5.74, 6) is -0.621. The predicted octanol–water partition coefficient (Wildman–Crippen LogP) is 5.54.